The summed E-state index contributed by atoms with van der Waals surface area (Å²) in [6, 6.07) is 1.84. The molecule has 0 unspecified atom stereocenters. The summed E-state index contributed by atoms with van der Waals surface area (Å²) in [7, 11) is 0. The monoisotopic (exact) mass is 342 g/mol. The summed E-state index contributed by atoms with van der Waals surface area (Å²) in [4.78, 5) is 16.7. The van der Waals surface area contributed by atoms with Crippen molar-refractivity contribution in [2.75, 3.05) is 13.2 Å². The number of nitrogens with one attached hydrogen (secondary N) is 1. The molecule has 120 valence electrons. The van der Waals surface area contributed by atoms with Crippen molar-refractivity contribution in [3.63, 3.8) is 0 Å². The number of aliphatic hydroxyl groups is 1. The van der Waals surface area contributed by atoms with E-state index < -0.39 is 6.61 Å². The van der Waals surface area contributed by atoms with Crippen molar-refractivity contribution in [3.8, 4) is 0 Å². The molecule has 0 spiro atoms. The number of H-pyrrole nitrogens is 1. The minimum atomic E-state index is -0.455. The Morgan fingerprint density at radius 2 is 2.09 bits per heavy atom. The molecule has 0 radical (unpaired) electrons. The Morgan fingerprint density at radius 1 is 1.41 bits per heavy atom. The van der Waals surface area contributed by atoms with Gasteiger partial charge in [0.2, 0.25) is 5.91 Å². The van der Waals surface area contributed by atoms with Gasteiger partial charge >= 0.3 is 0 Å². The first-order chi connectivity index (χ1) is 10.5. The van der Waals surface area contributed by atoms with E-state index in [1.54, 1.807) is 4.90 Å². The van der Waals surface area contributed by atoms with Crippen LogP contribution in [0.3, 0.4) is 0 Å². The minimum absolute atomic E-state index is 0.247. The van der Waals surface area contributed by atoms with Crippen molar-refractivity contribution in [1.29, 1.82) is 0 Å². The van der Waals surface area contributed by atoms with Gasteiger partial charge in [-0.2, -0.15) is 0 Å². The highest BCUT2D eigenvalue weighted by Crippen LogP contribution is 2.37. The van der Waals surface area contributed by atoms with Crippen LogP contribution in [0.5, 0.6) is 0 Å². The van der Waals surface area contributed by atoms with E-state index in [0.29, 0.717) is 23.1 Å². The lowest BCUT2D eigenvalue weighted by Crippen LogP contribution is -2.37. The van der Waals surface area contributed by atoms with E-state index >= 15 is 0 Å². The summed E-state index contributed by atoms with van der Waals surface area (Å²) >= 11 is 12.4. The second kappa shape index (κ2) is 6.90. The Balaban J connectivity index is 0.000000847. The molecular weight excluding hydrogens is 323 g/mol. The quantitative estimate of drug-likeness (QED) is 0.830. The van der Waals surface area contributed by atoms with Crippen molar-refractivity contribution in [2.45, 2.75) is 33.7 Å². The molecule has 0 atom stereocenters. The topological polar surface area (TPSA) is 56.3 Å². The van der Waals surface area contributed by atoms with E-state index in [0.717, 1.165) is 34.1 Å². The molecule has 0 saturated heterocycles. The molecule has 1 amide bonds. The van der Waals surface area contributed by atoms with Crippen molar-refractivity contribution >= 4 is 40.0 Å². The van der Waals surface area contributed by atoms with Gasteiger partial charge in [-0.15, -0.1) is 0 Å². The molecule has 2 aromatic rings. The largest absolute Gasteiger partial charge is 0.387 e. The molecule has 0 bridgehead atoms. The van der Waals surface area contributed by atoms with E-state index in [4.69, 9.17) is 28.3 Å². The number of benzene rings is 1. The molecule has 0 aliphatic carbocycles. The Labute approximate surface area is 140 Å². The van der Waals surface area contributed by atoms with E-state index in [1.807, 2.05) is 26.8 Å². The number of fused-ring (bicyclic) bond motifs is 3. The van der Waals surface area contributed by atoms with E-state index in [1.165, 1.54) is 0 Å². The van der Waals surface area contributed by atoms with Crippen LogP contribution >= 0.6 is 23.2 Å². The summed E-state index contributed by atoms with van der Waals surface area (Å²) in [5, 5.41) is 11.1. The maximum Gasteiger partial charge on any atom is 0.248 e. The molecule has 22 heavy (non-hydrogen) atoms. The highest BCUT2D eigenvalue weighted by molar-refractivity contribution is 6.45. The average molecular weight is 343 g/mol. The highest BCUT2D eigenvalue weighted by Gasteiger charge is 2.25. The summed E-state index contributed by atoms with van der Waals surface area (Å²) in [6.45, 7) is 6.62. The second-order valence-electron chi connectivity index (χ2n) is 5.04. The third-order valence-electron chi connectivity index (χ3n) is 3.83. The lowest BCUT2D eigenvalue weighted by Gasteiger charge is -2.26. The van der Waals surface area contributed by atoms with Crippen molar-refractivity contribution in [1.82, 2.24) is 9.88 Å². The van der Waals surface area contributed by atoms with Crippen molar-refractivity contribution in [2.24, 2.45) is 0 Å². The van der Waals surface area contributed by atoms with Gasteiger partial charge in [0.05, 0.1) is 15.6 Å². The molecule has 1 aromatic heterocycles. The van der Waals surface area contributed by atoms with E-state index in [2.05, 4.69) is 4.98 Å². The van der Waals surface area contributed by atoms with Crippen LogP contribution in [-0.2, 0) is 17.8 Å². The highest BCUT2D eigenvalue weighted by atomic mass is 35.5. The van der Waals surface area contributed by atoms with Gasteiger partial charge in [0, 0.05) is 36.2 Å². The van der Waals surface area contributed by atoms with Crippen LogP contribution in [0.25, 0.3) is 10.9 Å². The maximum atomic E-state index is 11.7. The fraction of sp³-hybridized carbons (Fsp3) is 0.438. The van der Waals surface area contributed by atoms with Gasteiger partial charge in [0.15, 0.2) is 0 Å². The van der Waals surface area contributed by atoms with Gasteiger partial charge < -0.3 is 15.0 Å². The molecule has 4 nitrogen and oxygen atoms in total. The van der Waals surface area contributed by atoms with E-state index in [9.17, 15) is 4.79 Å². The minimum Gasteiger partial charge on any atom is -0.387 e. The maximum absolute atomic E-state index is 11.7. The number of rotatable bonds is 1. The molecule has 1 aliphatic heterocycles. The number of hydrogen-bond acceptors (Lipinski definition) is 2. The number of carbonyl (C=O) groups is 1. The average Bonchev–Trinajstić information content (AvgIpc) is 2.93. The zero-order valence-electron chi connectivity index (χ0n) is 13.0. The number of aryl methyl sites for hydroxylation is 1. The number of hydrogen-bond donors (Lipinski definition) is 2. The van der Waals surface area contributed by atoms with Crippen molar-refractivity contribution in [3.05, 3.63) is 32.9 Å². The Kier molecular flexibility index (Phi) is 5.37. The summed E-state index contributed by atoms with van der Waals surface area (Å²) < 4.78 is 0. The second-order valence-corrected chi connectivity index (χ2v) is 5.83. The predicted octanol–water partition coefficient (Wildman–Crippen LogP) is 3.69. The molecule has 0 saturated carbocycles. The zero-order valence-corrected chi connectivity index (χ0v) is 14.5. The first-order valence-electron chi connectivity index (χ1n) is 7.39. The number of carbonyl (C=O) groups excluding carboxylic acids is 1. The van der Waals surface area contributed by atoms with Gasteiger partial charge in [-0.05, 0) is 18.6 Å². The Hall–Kier alpha value is -1.23. The van der Waals surface area contributed by atoms with Crippen LogP contribution in [0.2, 0.25) is 10.0 Å². The first-order valence-corrected chi connectivity index (χ1v) is 8.15. The SMILES string of the molecule is CC.Cc1cc(Cl)c(Cl)c2[nH]c3c(c12)CN(C(=O)CO)CC3. The predicted molar refractivity (Wildman–Crippen MR) is 90.6 cm³/mol. The molecule has 6 heteroatoms. The normalized spacial score (nSPS) is 13.6. The van der Waals surface area contributed by atoms with Crippen LogP contribution < -0.4 is 0 Å². The summed E-state index contributed by atoms with van der Waals surface area (Å²) in [5.41, 5.74) is 4.03. The van der Waals surface area contributed by atoms with Crippen LogP contribution in [0.4, 0.5) is 0 Å². The van der Waals surface area contributed by atoms with Gasteiger partial charge in [0.1, 0.15) is 6.61 Å². The lowest BCUT2D eigenvalue weighted by atomic mass is 10.0. The number of aromatic amines is 1. The number of nitrogens with zero attached hydrogens (tertiary/aromatic N) is 1. The molecular formula is C16H20Cl2N2O2. The van der Waals surface area contributed by atoms with Crippen LogP contribution in [0.15, 0.2) is 6.07 Å². The van der Waals surface area contributed by atoms with Gasteiger partial charge in [-0.25, -0.2) is 0 Å². The van der Waals surface area contributed by atoms with Crippen molar-refractivity contribution < 1.29 is 9.90 Å². The fourth-order valence-electron chi connectivity index (χ4n) is 2.85. The lowest BCUT2D eigenvalue weighted by molar-refractivity contribution is -0.135. The molecule has 1 aromatic carbocycles. The van der Waals surface area contributed by atoms with Crippen LogP contribution in [0.1, 0.15) is 30.7 Å². The molecule has 2 heterocycles. The third-order valence-corrected chi connectivity index (χ3v) is 4.61. The Bertz CT molecular complexity index is 710. The molecule has 1 aliphatic rings. The summed E-state index contributed by atoms with van der Waals surface area (Å²) in [6.07, 6.45) is 0.725. The number of halogens is 2. The smallest absolute Gasteiger partial charge is 0.248 e. The number of aliphatic hydroxyl groups excluding tert-OH is 1. The standard InChI is InChI=1S/C14H14Cl2N2O2.C2H6/c1-7-4-9(15)13(16)14-12(7)8-5-18(11(20)6-19)3-2-10(8)17-14;1-2/h4,17,19H,2-3,5-6H2,1H3;1-2H3. The van der Waals surface area contributed by atoms with E-state index in [-0.39, 0.29) is 5.91 Å². The zero-order chi connectivity index (χ0) is 16.4. The molecule has 2 N–H and O–H groups in total. The summed E-state index contributed by atoms with van der Waals surface area (Å²) in [5.74, 6) is -0.247. The number of aromatic nitrogens is 1. The third kappa shape index (κ3) is 2.83. The molecule has 3 rings (SSSR count). The van der Waals surface area contributed by atoms with Crippen LogP contribution in [-0.4, -0.2) is 34.0 Å². The van der Waals surface area contributed by atoms with Crippen LogP contribution in [0, 0.1) is 6.92 Å². The fourth-order valence-corrected chi connectivity index (χ4v) is 3.31. The van der Waals surface area contributed by atoms with Gasteiger partial charge in [-0.1, -0.05) is 37.0 Å². The first kappa shape index (κ1) is 17.1. The number of amides is 1. The van der Waals surface area contributed by atoms with Gasteiger partial charge in [-0.3, -0.25) is 4.79 Å². The molecule has 0 fully saturated rings. The Morgan fingerprint density at radius 3 is 2.73 bits per heavy atom. The van der Waals surface area contributed by atoms with Gasteiger partial charge in [0.25, 0.3) is 0 Å².